The molecule has 1 N–H and O–H groups in total. The molecule has 22 heavy (non-hydrogen) atoms. The van der Waals surface area contributed by atoms with Gasteiger partial charge in [0, 0.05) is 21.6 Å². The standard InChI is InChI=1S/C16H20Cl2O2S2/c1-2-21-5-6-22-16-4-3-15(19)14(16)10-20-13-8-11(17)7-12(18)9-13/h4,7-9,14-15,19H,2-3,5-6,10H2,1H3/t14-,15+/m0/s1. The van der Waals surface area contributed by atoms with Gasteiger partial charge in [0.2, 0.25) is 0 Å². The van der Waals surface area contributed by atoms with Gasteiger partial charge < -0.3 is 9.84 Å². The van der Waals surface area contributed by atoms with Crippen LogP contribution in [0.4, 0.5) is 0 Å². The molecule has 0 amide bonds. The Morgan fingerprint density at radius 2 is 1.95 bits per heavy atom. The molecular formula is C16H20Cl2O2S2. The predicted molar refractivity (Wildman–Crippen MR) is 99.6 cm³/mol. The Labute approximate surface area is 150 Å². The predicted octanol–water partition coefficient (Wildman–Crippen LogP) is 5.12. The molecule has 0 radical (unpaired) electrons. The van der Waals surface area contributed by atoms with Crippen molar-refractivity contribution in [3.63, 3.8) is 0 Å². The molecule has 0 fully saturated rings. The van der Waals surface area contributed by atoms with Crippen molar-refractivity contribution in [2.24, 2.45) is 5.92 Å². The molecule has 0 spiro atoms. The first kappa shape index (κ1) is 18.3. The fourth-order valence-corrected chi connectivity index (χ4v) is 4.75. The number of halogens is 2. The maximum absolute atomic E-state index is 10.1. The van der Waals surface area contributed by atoms with E-state index < -0.39 is 0 Å². The van der Waals surface area contributed by atoms with Gasteiger partial charge in [-0.05, 0) is 35.3 Å². The Kier molecular flexibility index (Phi) is 7.78. The van der Waals surface area contributed by atoms with Crippen molar-refractivity contribution in [1.29, 1.82) is 0 Å². The zero-order valence-corrected chi connectivity index (χ0v) is 15.6. The van der Waals surface area contributed by atoms with E-state index in [4.69, 9.17) is 27.9 Å². The van der Waals surface area contributed by atoms with Gasteiger partial charge in [-0.2, -0.15) is 11.8 Å². The molecule has 1 aromatic rings. The molecule has 0 unspecified atom stereocenters. The van der Waals surface area contributed by atoms with Gasteiger partial charge in [0.05, 0.1) is 18.6 Å². The Morgan fingerprint density at radius 3 is 2.64 bits per heavy atom. The molecule has 0 heterocycles. The third-order valence-electron chi connectivity index (χ3n) is 3.36. The van der Waals surface area contributed by atoms with Crippen molar-refractivity contribution in [3.8, 4) is 5.75 Å². The second kappa shape index (κ2) is 9.33. The van der Waals surface area contributed by atoms with E-state index in [1.807, 2.05) is 23.5 Å². The van der Waals surface area contributed by atoms with E-state index in [2.05, 4.69) is 13.0 Å². The fourth-order valence-electron chi connectivity index (χ4n) is 2.26. The minimum absolute atomic E-state index is 0.0365. The molecule has 1 aliphatic rings. The van der Waals surface area contributed by atoms with Crippen molar-refractivity contribution in [1.82, 2.24) is 0 Å². The van der Waals surface area contributed by atoms with Crippen LogP contribution in [0.25, 0.3) is 0 Å². The maximum Gasteiger partial charge on any atom is 0.122 e. The highest BCUT2D eigenvalue weighted by molar-refractivity contribution is 8.05. The van der Waals surface area contributed by atoms with Crippen molar-refractivity contribution >= 4 is 46.7 Å². The van der Waals surface area contributed by atoms with Gasteiger partial charge in [-0.15, -0.1) is 11.8 Å². The number of aliphatic hydroxyl groups excluding tert-OH is 1. The normalized spacial score (nSPS) is 21.0. The molecule has 1 aliphatic carbocycles. The number of thioether (sulfide) groups is 2. The molecule has 0 saturated heterocycles. The van der Waals surface area contributed by atoms with Gasteiger partial charge in [-0.3, -0.25) is 0 Å². The molecule has 122 valence electrons. The van der Waals surface area contributed by atoms with Crippen molar-refractivity contribution in [3.05, 3.63) is 39.2 Å². The van der Waals surface area contributed by atoms with Crippen molar-refractivity contribution in [2.75, 3.05) is 23.9 Å². The highest BCUT2D eigenvalue weighted by Crippen LogP contribution is 2.36. The Balaban J connectivity index is 1.87. The zero-order chi connectivity index (χ0) is 15.9. The van der Waals surface area contributed by atoms with E-state index in [0.29, 0.717) is 28.8 Å². The van der Waals surface area contributed by atoms with Crippen LogP contribution in [-0.4, -0.2) is 35.1 Å². The number of hydrogen-bond acceptors (Lipinski definition) is 4. The Hall–Kier alpha value is -0.000000000000000111. The molecular weight excluding hydrogens is 359 g/mol. The van der Waals surface area contributed by atoms with Crippen molar-refractivity contribution in [2.45, 2.75) is 19.4 Å². The topological polar surface area (TPSA) is 29.5 Å². The Bertz CT molecular complexity index is 503. The van der Waals surface area contributed by atoms with Crippen LogP contribution >= 0.6 is 46.7 Å². The molecule has 0 aliphatic heterocycles. The van der Waals surface area contributed by atoms with Gasteiger partial charge in [0.25, 0.3) is 0 Å². The summed E-state index contributed by atoms with van der Waals surface area (Å²) < 4.78 is 5.79. The summed E-state index contributed by atoms with van der Waals surface area (Å²) in [5, 5.41) is 11.3. The summed E-state index contributed by atoms with van der Waals surface area (Å²) in [7, 11) is 0. The number of rotatable bonds is 8. The summed E-state index contributed by atoms with van der Waals surface area (Å²) in [5.41, 5.74) is 0. The monoisotopic (exact) mass is 378 g/mol. The van der Waals surface area contributed by atoms with Gasteiger partial charge in [-0.1, -0.05) is 36.2 Å². The first-order chi connectivity index (χ1) is 10.6. The largest absolute Gasteiger partial charge is 0.493 e. The second-order valence-corrected chi connectivity index (χ2v) is 8.41. The number of ether oxygens (including phenoxy) is 1. The molecule has 6 heteroatoms. The van der Waals surface area contributed by atoms with Crippen LogP contribution in [0.15, 0.2) is 29.2 Å². The van der Waals surface area contributed by atoms with Gasteiger partial charge >= 0.3 is 0 Å². The molecule has 1 aromatic carbocycles. The van der Waals surface area contributed by atoms with Crippen LogP contribution in [-0.2, 0) is 0 Å². The second-order valence-electron chi connectivity index (χ2n) is 4.98. The van der Waals surface area contributed by atoms with E-state index in [9.17, 15) is 5.11 Å². The van der Waals surface area contributed by atoms with Crippen LogP contribution in [0.5, 0.6) is 5.75 Å². The van der Waals surface area contributed by atoms with Gasteiger partial charge in [0.1, 0.15) is 5.75 Å². The summed E-state index contributed by atoms with van der Waals surface area (Å²) in [4.78, 5) is 1.23. The molecule has 0 bridgehead atoms. The fraction of sp³-hybridized carbons (Fsp3) is 0.500. The lowest BCUT2D eigenvalue weighted by atomic mass is 10.1. The van der Waals surface area contributed by atoms with Gasteiger partial charge in [-0.25, -0.2) is 0 Å². The minimum atomic E-state index is -0.365. The lowest BCUT2D eigenvalue weighted by molar-refractivity contribution is 0.110. The summed E-state index contributed by atoms with van der Waals surface area (Å²) in [6.07, 6.45) is 2.47. The van der Waals surface area contributed by atoms with Crippen LogP contribution in [0.2, 0.25) is 10.0 Å². The summed E-state index contributed by atoms with van der Waals surface area (Å²) in [6.45, 7) is 2.61. The highest BCUT2D eigenvalue weighted by atomic mass is 35.5. The lowest BCUT2D eigenvalue weighted by Gasteiger charge is -2.19. The molecule has 2 rings (SSSR count). The first-order valence-corrected chi connectivity index (χ1v) is 10.2. The number of hydrogen-bond donors (Lipinski definition) is 1. The van der Waals surface area contributed by atoms with E-state index in [0.717, 1.165) is 17.3 Å². The summed E-state index contributed by atoms with van der Waals surface area (Å²) in [6, 6.07) is 5.15. The lowest BCUT2D eigenvalue weighted by Crippen LogP contribution is -2.23. The molecule has 2 atom stereocenters. The highest BCUT2D eigenvalue weighted by Gasteiger charge is 2.29. The number of aliphatic hydroxyl groups is 1. The minimum Gasteiger partial charge on any atom is -0.493 e. The van der Waals surface area contributed by atoms with Crippen LogP contribution < -0.4 is 4.74 Å². The van der Waals surface area contributed by atoms with E-state index in [1.165, 1.54) is 4.91 Å². The average Bonchev–Trinajstić information content (AvgIpc) is 2.81. The van der Waals surface area contributed by atoms with E-state index in [1.54, 1.807) is 18.2 Å². The first-order valence-electron chi connectivity index (χ1n) is 7.27. The maximum atomic E-state index is 10.1. The molecule has 2 nitrogen and oxygen atoms in total. The SMILES string of the molecule is CCSCCSC1=CC[C@@H](O)[C@@H]1COc1cc(Cl)cc(Cl)c1. The van der Waals surface area contributed by atoms with Crippen molar-refractivity contribution < 1.29 is 9.84 Å². The van der Waals surface area contributed by atoms with Gasteiger partial charge in [0.15, 0.2) is 0 Å². The van der Waals surface area contributed by atoms with Crippen LogP contribution in [0.1, 0.15) is 13.3 Å². The molecule has 0 aromatic heterocycles. The van der Waals surface area contributed by atoms with Crippen LogP contribution in [0.3, 0.4) is 0 Å². The Morgan fingerprint density at radius 1 is 1.23 bits per heavy atom. The van der Waals surface area contributed by atoms with E-state index >= 15 is 0 Å². The van der Waals surface area contributed by atoms with E-state index in [-0.39, 0.29) is 12.0 Å². The third-order valence-corrected chi connectivity index (χ3v) is 6.16. The zero-order valence-electron chi connectivity index (χ0n) is 12.4. The summed E-state index contributed by atoms with van der Waals surface area (Å²) >= 11 is 15.7. The van der Waals surface area contributed by atoms with Crippen LogP contribution in [0, 0.1) is 5.92 Å². The smallest absolute Gasteiger partial charge is 0.122 e. The number of benzene rings is 1. The quantitative estimate of drug-likeness (QED) is 0.635. The third kappa shape index (κ3) is 5.57. The average molecular weight is 379 g/mol. The molecule has 0 saturated carbocycles. The summed E-state index contributed by atoms with van der Waals surface area (Å²) in [5.74, 6) is 4.02.